The summed E-state index contributed by atoms with van der Waals surface area (Å²) in [6.45, 7) is 4.54. The summed E-state index contributed by atoms with van der Waals surface area (Å²) in [4.78, 5) is 18.1. The Balaban J connectivity index is 1.73. The predicted molar refractivity (Wildman–Crippen MR) is 85.9 cm³/mol. The van der Waals surface area contributed by atoms with Gasteiger partial charge < -0.3 is 9.88 Å². The molecule has 0 spiro atoms. The van der Waals surface area contributed by atoms with Crippen molar-refractivity contribution >= 4 is 10.8 Å². The standard InChI is InChI=1S/C18H22N2O/c1-12-4-2-6-15-16(12)11-17(19-18(15)21)13-7-9-20-8-3-5-14(20)10-13/h2,4,6,11,13-14H,3,5,7-10H2,1H3,(H,19,21). The molecule has 3 nitrogen and oxygen atoms in total. The summed E-state index contributed by atoms with van der Waals surface area (Å²) in [5.74, 6) is 0.515. The van der Waals surface area contributed by atoms with E-state index in [1.165, 1.54) is 44.3 Å². The van der Waals surface area contributed by atoms with Crippen LogP contribution in [0.1, 0.15) is 42.9 Å². The number of H-pyrrole nitrogens is 1. The summed E-state index contributed by atoms with van der Waals surface area (Å²) in [5.41, 5.74) is 2.41. The van der Waals surface area contributed by atoms with Crippen LogP contribution in [-0.2, 0) is 0 Å². The van der Waals surface area contributed by atoms with Crippen molar-refractivity contribution in [1.82, 2.24) is 9.88 Å². The third-order valence-electron chi connectivity index (χ3n) is 5.39. The van der Waals surface area contributed by atoms with Gasteiger partial charge in [0.15, 0.2) is 0 Å². The highest BCUT2D eigenvalue weighted by atomic mass is 16.1. The third-order valence-corrected chi connectivity index (χ3v) is 5.39. The van der Waals surface area contributed by atoms with E-state index in [2.05, 4.69) is 28.9 Å². The molecule has 2 aliphatic heterocycles. The van der Waals surface area contributed by atoms with E-state index in [0.29, 0.717) is 5.92 Å². The molecule has 0 saturated carbocycles. The Bertz CT molecular complexity index is 734. The fourth-order valence-electron chi connectivity index (χ4n) is 4.19. The molecule has 0 bridgehead atoms. The van der Waals surface area contributed by atoms with Crippen LogP contribution < -0.4 is 5.56 Å². The average molecular weight is 282 g/mol. The summed E-state index contributed by atoms with van der Waals surface area (Å²) >= 11 is 0. The van der Waals surface area contributed by atoms with Gasteiger partial charge in [0.25, 0.3) is 5.56 Å². The smallest absolute Gasteiger partial charge is 0.256 e. The van der Waals surface area contributed by atoms with Crippen molar-refractivity contribution in [2.45, 2.75) is 44.6 Å². The first-order valence-electron chi connectivity index (χ1n) is 8.09. The molecule has 2 aliphatic rings. The van der Waals surface area contributed by atoms with Gasteiger partial charge in [-0.2, -0.15) is 0 Å². The molecule has 2 saturated heterocycles. The van der Waals surface area contributed by atoms with E-state index < -0.39 is 0 Å². The zero-order chi connectivity index (χ0) is 14.4. The predicted octanol–water partition coefficient (Wildman–Crippen LogP) is 3.18. The molecule has 0 radical (unpaired) electrons. The van der Waals surface area contributed by atoms with Gasteiger partial charge >= 0.3 is 0 Å². The lowest BCUT2D eigenvalue weighted by atomic mass is 9.87. The highest BCUT2D eigenvalue weighted by molar-refractivity contribution is 5.85. The molecular weight excluding hydrogens is 260 g/mol. The minimum atomic E-state index is 0.0695. The number of aromatic nitrogens is 1. The average Bonchev–Trinajstić information content (AvgIpc) is 2.95. The van der Waals surface area contributed by atoms with Crippen molar-refractivity contribution in [3.8, 4) is 0 Å². The first-order chi connectivity index (χ1) is 10.2. The summed E-state index contributed by atoms with van der Waals surface area (Å²) in [5, 5.41) is 1.93. The van der Waals surface area contributed by atoms with Gasteiger partial charge in [0, 0.05) is 23.0 Å². The van der Waals surface area contributed by atoms with Crippen LogP contribution in [-0.4, -0.2) is 29.0 Å². The van der Waals surface area contributed by atoms with Gasteiger partial charge in [0.2, 0.25) is 0 Å². The Hall–Kier alpha value is -1.61. The summed E-state index contributed by atoms with van der Waals surface area (Å²) in [7, 11) is 0. The van der Waals surface area contributed by atoms with Gasteiger partial charge in [-0.3, -0.25) is 4.79 Å². The fraction of sp³-hybridized carbons (Fsp3) is 0.500. The summed E-state index contributed by atoms with van der Waals surface area (Å²) < 4.78 is 0. The number of pyridine rings is 1. The SMILES string of the molecule is Cc1cccc2c(=O)[nH]c(C3CCN4CCCC4C3)cc12. The Kier molecular flexibility index (Phi) is 3.11. The molecule has 0 amide bonds. The maximum atomic E-state index is 12.4. The van der Waals surface area contributed by atoms with Crippen LogP contribution in [0, 0.1) is 6.92 Å². The molecule has 3 heterocycles. The maximum Gasteiger partial charge on any atom is 0.256 e. The van der Waals surface area contributed by atoms with Crippen molar-refractivity contribution in [2.75, 3.05) is 13.1 Å². The van der Waals surface area contributed by atoms with E-state index >= 15 is 0 Å². The number of nitrogens with zero attached hydrogens (tertiary/aromatic N) is 1. The van der Waals surface area contributed by atoms with E-state index in [1.54, 1.807) is 0 Å². The van der Waals surface area contributed by atoms with E-state index in [9.17, 15) is 4.79 Å². The molecule has 4 rings (SSSR count). The molecule has 2 unspecified atom stereocenters. The number of fused-ring (bicyclic) bond motifs is 2. The maximum absolute atomic E-state index is 12.4. The van der Waals surface area contributed by atoms with Gasteiger partial charge in [-0.05, 0) is 68.8 Å². The van der Waals surface area contributed by atoms with Crippen molar-refractivity contribution in [1.29, 1.82) is 0 Å². The van der Waals surface area contributed by atoms with Crippen LogP contribution in [0.15, 0.2) is 29.1 Å². The molecule has 0 aliphatic carbocycles. The van der Waals surface area contributed by atoms with Crippen LogP contribution >= 0.6 is 0 Å². The first kappa shape index (κ1) is 13.1. The number of nitrogens with one attached hydrogen (secondary N) is 1. The van der Waals surface area contributed by atoms with E-state index in [4.69, 9.17) is 0 Å². The Morgan fingerprint density at radius 3 is 3.00 bits per heavy atom. The molecule has 1 aromatic carbocycles. The van der Waals surface area contributed by atoms with Gasteiger partial charge in [0.1, 0.15) is 0 Å². The summed E-state index contributed by atoms with van der Waals surface area (Å²) in [6.07, 6.45) is 5.04. The highest BCUT2D eigenvalue weighted by Gasteiger charge is 2.32. The Morgan fingerprint density at radius 1 is 1.19 bits per heavy atom. The number of rotatable bonds is 1. The monoisotopic (exact) mass is 282 g/mol. The number of aryl methyl sites for hydroxylation is 1. The van der Waals surface area contributed by atoms with Crippen molar-refractivity contribution in [3.63, 3.8) is 0 Å². The van der Waals surface area contributed by atoms with Crippen molar-refractivity contribution < 1.29 is 0 Å². The van der Waals surface area contributed by atoms with Gasteiger partial charge in [0.05, 0.1) is 0 Å². The normalized spacial score (nSPS) is 26.1. The Morgan fingerprint density at radius 2 is 2.10 bits per heavy atom. The molecule has 1 N–H and O–H groups in total. The molecule has 2 atom stereocenters. The second kappa shape index (κ2) is 4.99. The minimum Gasteiger partial charge on any atom is -0.325 e. The zero-order valence-electron chi connectivity index (χ0n) is 12.6. The van der Waals surface area contributed by atoms with Crippen LogP contribution in [0.3, 0.4) is 0 Å². The number of piperidine rings is 1. The minimum absolute atomic E-state index is 0.0695. The molecular formula is C18H22N2O. The molecule has 21 heavy (non-hydrogen) atoms. The fourth-order valence-corrected chi connectivity index (χ4v) is 4.19. The number of benzene rings is 1. The topological polar surface area (TPSA) is 36.1 Å². The lowest BCUT2D eigenvalue weighted by Crippen LogP contribution is -2.37. The lowest BCUT2D eigenvalue weighted by Gasteiger charge is -2.34. The molecule has 110 valence electrons. The van der Waals surface area contributed by atoms with Crippen LogP contribution in [0.2, 0.25) is 0 Å². The van der Waals surface area contributed by atoms with E-state index in [-0.39, 0.29) is 5.56 Å². The van der Waals surface area contributed by atoms with Crippen LogP contribution in [0.5, 0.6) is 0 Å². The highest BCUT2D eigenvalue weighted by Crippen LogP contribution is 2.35. The Labute approximate surface area is 125 Å². The second-order valence-electron chi connectivity index (χ2n) is 6.64. The third kappa shape index (κ3) is 2.20. The van der Waals surface area contributed by atoms with Gasteiger partial charge in [-0.15, -0.1) is 0 Å². The molecule has 1 aromatic heterocycles. The first-order valence-corrected chi connectivity index (χ1v) is 8.09. The van der Waals surface area contributed by atoms with Crippen molar-refractivity contribution in [2.24, 2.45) is 0 Å². The van der Waals surface area contributed by atoms with Gasteiger partial charge in [-0.25, -0.2) is 0 Å². The van der Waals surface area contributed by atoms with Gasteiger partial charge in [-0.1, -0.05) is 12.1 Å². The number of hydrogen-bond donors (Lipinski definition) is 1. The van der Waals surface area contributed by atoms with E-state index in [1.807, 2.05) is 12.1 Å². The number of aromatic amines is 1. The quantitative estimate of drug-likeness (QED) is 0.872. The van der Waals surface area contributed by atoms with E-state index in [0.717, 1.165) is 22.5 Å². The lowest BCUT2D eigenvalue weighted by molar-refractivity contribution is 0.179. The van der Waals surface area contributed by atoms with Crippen LogP contribution in [0.4, 0.5) is 0 Å². The van der Waals surface area contributed by atoms with Crippen LogP contribution in [0.25, 0.3) is 10.8 Å². The molecule has 2 fully saturated rings. The molecule has 2 aromatic rings. The van der Waals surface area contributed by atoms with Crippen molar-refractivity contribution in [3.05, 3.63) is 45.9 Å². The number of hydrogen-bond acceptors (Lipinski definition) is 2. The zero-order valence-corrected chi connectivity index (χ0v) is 12.6. The summed E-state index contributed by atoms with van der Waals surface area (Å²) in [6, 6.07) is 8.93. The molecule has 3 heteroatoms. The largest absolute Gasteiger partial charge is 0.325 e. The second-order valence-corrected chi connectivity index (χ2v) is 6.64.